The fraction of sp³-hybridized carbons (Fsp3) is 0.632. The number of carbonyl (C=O) groups is 1. The second-order valence-electron chi connectivity index (χ2n) is 8.31. The average molecular weight is 393 g/mol. The Morgan fingerprint density at radius 2 is 2.12 bits per heavy atom. The molecule has 142 valence electrons. The summed E-state index contributed by atoms with van der Waals surface area (Å²) in [5.74, 6) is 2.10. The van der Waals surface area contributed by atoms with Gasteiger partial charge >= 0.3 is 0 Å². The number of hydrogen-bond acceptors (Lipinski definition) is 5. The second-order valence-corrected chi connectivity index (χ2v) is 10.4. The Labute approximate surface area is 164 Å². The van der Waals surface area contributed by atoms with Gasteiger partial charge in [0, 0.05) is 26.0 Å². The van der Waals surface area contributed by atoms with E-state index < -0.39 is 0 Å². The largest absolute Gasteiger partial charge is 0.348 e. The van der Waals surface area contributed by atoms with Crippen LogP contribution in [0.25, 0.3) is 10.7 Å². The molecule has 1 aliphatic carbocycles. The van der Waals surface area contributed by atoms with Crippen molar-refractivity contribution in [2.24, 2.45) is 18.4 Å². The van der Waals surface area contributed by atoms with Gasteiger partial charge in [0.1, 0.15) is 0 Å². The number of thiophene rings is 1. The van der Waals surface area contributed by atoms with Crippen molar-refractivity contribution < 1.29 is 4.79 Å². The molecule has 1 amide bonds. The first-order valence-corrected chi connectivity index (χ1v) is 10.8. The fourth-order valence-electron chi connectivity index (χ4n) is 3.28. The molecule has 0 radical (unpaired) electrons. The van der Waals surface area contributed by atoms with Crippen molar-refractivity contribution in [3.05, 3.63) is 16.5 Å². The highest BCUT2D eigenvalue weighted by Gasteiger charge is 2.30. The van der Waals surface area contributed by atoms with Crippen LogP contribution in [-0.4, -0.2) is 45.4 Å². The molecule has 0 saturated heterocycles. The first-order chi connectivity index (χ1) is 12.2. The van der Waals surface area contributed by atoms with Crippen LogP contribution in [0.3, 0.4) is 0 Å². The summed E-state index contributed by atoms with van der Waals surface area (Å²) in [6.45, 7) is 7.03. The molecule has 2 aromatic heterocycles. The molecule has 2 aromatic rings. The summed E-state index contributed by atoms with van der Waals surface area (Å²) >= 11 is 3.29. The molecule has 1 atom stereocenters. The summed E-state index contributed by atoms with van der Waals surface area (Å²) in [6, 6.07) is 2.31. The van der Waals surface area contributed by atoms with Gasteiger partial charge in [-0.3, -0.25) is 4.79 Å². The zero-order valence-corrected chi connectivity index (χ0v) is 18.1. The number of amides is 1. The third-order valence-electron chi connectivity index (χ3n) is 5.19. The maximum atomic E-state index is 11.8. The SMILES string of the molecule is CN(C)C(=O)CSc1nnc(-c2cc3c(s2)CCC(C(C)(C)C)C3)n1C. The van der Waals surface area contributed by atoms with Gasteiger partial charge in [-0.1, -0.05) is 32.5 Å². The van der Waals surface area contributed by atoms with Crippen LogP contribution in [0.5, 0.6) is 0 Å². The first-order valence-electron chi connectivity index (χ1n) is 9.01. The normalized spacial score (nSPS) is 17.2. The number of rotatable bonds is 4. The van der Waals surface area contributed by atoms with Crippen LogP contribution >= 0.6 is 23.1 Å². The van der Waals surface area contributed by atoms with Crippen molar-refractivity contribution >= 4 is 29.0 Å². The minimum atomic E-state index is 0.0827. The van der Waals surface area contributed by atoms with Gasteiger partial charge < -0.3 is 9.47 Å². The van der Waals surface area contributed by atoms with Crippen LogP contribution in [-0.2, 0) is 24.7 Å². The van der Waals surface area contributed by atoms with Gasteiger partial charge in [0.15, 0.2) is 11.0 Å². The van der Waals surface area contributed by atoms with Crippen LogP contribution in [0.15, 0.2) is 11.2 Å². The number of aromatic nitrogens is 3. The van der Waals surface area contributed by atoms with E-state index in [9.17, 15) is 4.79 Å². The molecule has 1 aliphatic rings. The highest BCUT2D eigenvalue weighted by atomic mass is 32.2. The minimum absolute atomic E-state index is 0.0827. The Balaban J connectivity index is 1.77. The molecule has 26 heavy (non-hydrogen) atoms. The van der Waals surface area contributed by atoms with Crippen LogP contribution < -0.4 is 0 Å². The number of aryl methyl sites for hydroxylation is 1. The molecular weight excluding hydrogens is 364 g/mol. The molecule has 0 saturated carbocycles. The van der Waals surface area contributed by atoms with E-state index in [1.54, 1.807) is 19.0 Å². The highest BCUT2D eigenvalue weighted by molar-refractivity contribution is 7.99. The molecule has 0 spiro atoms. The Kier molecular flexibility index (Phi) is 5.49. The van der Waals surface area contributed by atoms with Crippen molar-refractivity contribution in [3.63, 3.8) is 0 Å². The van der Waals surface area contributed by atoms with E-state index in [1.165, 1.54) is 39.9 Å². The monoisotopic (exact) mass is 392 g/mol. The van der Waals surface area contributed by atoms with E-state index in [4.69, 9.17) is 0 Å². The van der Waals surface area contributed by atoms with Gasteiger partial charge in [-0.05, 0) is 42.2 Å². The lowest BCUT2D eigenvalue weighted by atomic mass is 9.72. The van der Waals surface area contributed by atoms with Gasteiger partial charge in [0.2, 0.25) is 5.91 Å². The lowest BCUT2D eigenvalue weighted by molar-refractivity contribution is -0.125. The van der Waals surface area contributed by atoms with Crippen molar-refractivity contribution in [2.45, 2.75) is 45.2 Å². The lowest BCUT2D eigenvalue weighted by Gasteiger charge is -2.33. The fourth-order valence-corrected chi connectivity index (χ4v) is 5.40. The zero-order chi connectivity index (χ0) is 19.1. The summed E-state index contributed by atoms with van der Waals surface area (Å²) in [5.41, 5.74) is 1.84. The van der Waals surface area contributed by atoms with Gasteiger partial charge in [0.25, 0.3) is 0 Å². The van der Waals surface area contributed by atoms with Crippen LogP contribution in [0.4, 0.5) is 0 Å². The van der Waals surface area contributed by atoms with Crippen molar-refractivity contribution in [1.29, 1.82) is 0 Å². The maximum Gasteiger partial charge on any atom is 0.232 e. The standard InChI is InChI=1S/C19H28N4OS2/c1-19(2,3)13-7-8-14-12(9-13)10-15(26-14)17-20-21-18(23(17)6)25-11-16(24)22(4)5/h10,13H,7-9,11H2,1-6H3. The molecule has 0 N–H and O–H groups in total. The van der Waals surface area contributed by atoms with Gasteiger partial charge in [-0.2, -0.15) is 0 Å². The zero-order valence-electron chi connectivity index (χ0n) is 16.5. The first kappa shape index (κ1) is 19.4. The molecule has 3 rings (SSSR count). The lowest BCUT2D eigenvalue weighted by Crippen LogP contribution is -2.26. The van der Waals surface area contributed by atoms with Crippen molar-refractivity contribution in [1.82, 2.24) is 19.7 Å². The van der Waals surface area contributed by atoms with E-state index in [2.05, 4.69) is 37.0 Å². The van der Waals surface area contributed by atoms with E-state index in [-0.39, 0.29) is 5.91 Å². The molecule has 0 bridgehead atoms. The number of carbonyl (C=O) groups excluding carboxylic acids is 1. The van der Waals surface area contributed by atoms with E-state index >= 15 is 0 Å². The Morgan fingerprint density at radius 1 is 1.38 bits per heavy atom. The Bertz CT molecular complexity index is 801. The third-order valence-corrected chi connectivity index (χ3v) is 7.42. The maximum absolute atomic E-state index is 11.8. The molecule has 0 aromatic carbocycles. The summed E-state index contributed by atoms with van der Waals surface area (Å²) < 4.78 is 2.01. The van der Waals surface area contributed by atoms with Gasteiger partial charge in [-0.15, -0.1) is 21.5 Å². The quantitative estimate of drug-likeness (QED) is 0.741. The Morgan fingerprint density at radius 3 is 2.77 bits per heavy atom. The molecule has 5 nitrogen and oxygen atoms in total. The third kappa shape index (κ3) is 3.98. The van der Waals surface area contributed by atoms with E-state index in [1.807, 2.05) is 23.0 Å². The number of fused-ring (bicyclic) bond motifs is 1. The summed E-state index contributed by atoms with van der Waals surface area (Å²) in [6.07, 6.45) is 3.59. The summed E-state index contributed by atoms with van der Waals surface area (Å²) in [4.78, 5) is 16.1. The van der Waals surface area contributed by atoms with Crippen LogP contribution in [0.1, 0.15) is 37.6 Å². The second kappa shape index (κ2) is 7.35. The predicted molar refractivity (Wildman–Crippen MR) is 109 cm³/mol. The molecule has 2 heterocycles. The number of thioether (sulfide) groups is 1. The summed E-state index contributed by atoms with van der Waals surface area (Å²) in [7, 11) is 5.52. The van der Waals surface area contributed by atoms with Gasteiger partial charge in [-0.25, -0.2) is 0 Å². The molecule has 0 fully saturated rings. The predicted octanol–water partition coefficient (Wildman–Crippen LogP) is 3.87. The molecular formula is C19H28N4OS2. The smallest absolute Gasteiger partial charge is 0.232 e. The topological polar surface area (TPSA) is 51.0 Å². The minimum Gasteiger partial charge on any atom is -0.348 e. The molecule has 7 heteroatoms. The van der Waals surface area contributed by atoms with Crippen LogP contribution in [0, 0.1) is 11.3 Å². The molecule has 0 aliphatic heterocycles. The number of nitrogens with zero attached hydrogens (tertiary/aromatic N) is 4. The summed E-state index contributed by atoms with van der Waals surface area (Å²) in [5, 5.41) is 9.48. The highest BCUT2D eigenvalue weighted by Crippen LogP contribution is 2.42. The van der Waals surface area contributed by atoms with E-state index in [0.29, 0.717) is 11.2 Å². The number of hydrogen-bond donors (Lipinski definition) is 0. The van der Waals surface area contributed by atoms with Crippen molar-refractivity contribution in [2.75, 3.05) is 19.8 Å². The molecule has 1 unspecified atom stereocenters. The van der Waals surface area contributed by atoms with Crippen molar-refractivity contribution in [3.8, 4) is 10.7 Å². The average Bonchev–Trinajstić information content (AvgIpc) is 3.13. The Hall–Kier alpha value is -1.34. The van der Waals surface area contributed by atoms with E-state index in [0.717, 1.165) is 23.3 Å². The van der Waals surface area contributed by atoms with Gasteiger partial charge in [0.05, 0.1) is 10.6 Å². The van der Waals surface area contributed by atoms with Crippen LogP contribution in [0.2, 0.25) is 0 Å².